The Balaban J connectivity index is 1.88. The van der Waals surface area contributed by atoms with Crippen LogP contribution >= 0.6 is 0 Å². The van der Waals surface area contributed by atoms with Crippen molar-refractivity contribution in [3.8, 4) is 5.75 Å². The van der Waals surface area contributed by atoms with Gasteiger partial charge in [0.2, 0.25) is 5.91 Å². The van der Waals surface area contributed by atoms with Crippen LogP contribution in [-0.4, -0.2) is 43.1 Å². The largest absolute Gasteiger partial charge is 0.492 e. The van der Waals surface area contributed by atoms with Crippen LogP contribution in [0.3, 0.4) is 0 Å². The van der Waals surface area contributed by atoms with Gasteiger partial charge < -0.3 is 15.8 Å². The van der Waals surface area contributed by atoms with Crippen LogP contribution in [-0.2, 0) is 4.79 Å². The van der Waals surface area contributed by atoms with Gasteiger partial charge in [0, 0.05) is 19.1 Å². The third kappa shape index (κ3) is 4.21. The normalized spacial score (nSPS) is 16.9. The van der Waals surface area contributed by atoms with Crippen LogP contribution in [0, 0.1) is 0 Å². The first-order chi connectivity index (χ1) is 9.69. The molecule has 1 aliphatic rings. The molecule has 0 aromatic heterocycles. The Morgan fingerprint density at radius 2 is 2.10 bits per heavy atom. The second-order valence-electron chi connectivity index (χ2n) is 5.09. The summed E-state index contributed by atoms with van der Waals surface area (Å²) < 4.78 is 5.50. The number of hydrogen-bond donors (Lipinski definition) is 2. The molecule has 1 saturated heterocycles. The summed E-state index contributed by atoms with van der Waals surface area (Å²) in [6.07, 6.45) is 1.92. The summed E-state index contributed by atoms with van der Waals surface area (Å²) in [5, 5.41) is 2.92. The molecule has 20 heavy (non-hydrogen) atoms. The Hall–Kier alpha value is -1.59. The quantitative estimate of drug-likeness (QED) is 0.855. The number of nitrogens with zero attached hydrogens (tertiary/aromatic N) is 1. The molecule has 0 aliphatic carbocycles. The molecule has 5 heteroatoms. The summed E-state index contributed by atoms with van der Waals surface area (Å²) in [5.74, 6) is 0.705. The molecule has 1 aliphatic heterocycles. The number of amides is 1. The van der Waals surface area contributed by atoms with Crippen molar-refractivity contribution in [1.29, 1.82) is 0 Å². The molecule has 0 spiro atoms. The van der Waals surface area contributed by atoms with E-state index in [0.717, 1.165) is 31.6 Å². The molecular formula is C15H23N3O2. The second-order valence-corrected chi connectivity index (χ2v) is 5.09. The fourth-order valence-corrected chi connectivity index (χ4v) is 2.36. The van der Waals surface area contributed by atoms with E-state index < -0.39 is 0 Å². The maximum Gasteiger partial charge on any atom is 0.238 e. The van der Waals surface area contributed by atoms with Crippen LogP contribution in [0.1, 0.15) is 19.8 Å². The molecule has 1 amide bonds. The van der Waals surface area contributed by atoms with Crippen molar-refractivity contribution in [1.82, 2.24) is 4.90 Å². The maximum absolute atomic E-state index is 12.1. The Morgan fingerprint density at radius 1 is 1.40 bits per heavy atom. The number of rotatable bonds is 5. The van der Waals surface area contributed by atoms with E-state index >= 15 is 0 Å². The minimum atomic E-state index is -0.00683. The van der Waals surface area contributed by atoms with E-state index in [9.17, 15) is 4.79 Å². The number of ether oxygens (including phenoxy) is 1. The van der Waals surface area contributed by atoms with E-state index in [-0.39, 0.29) is 11.9 Å². The van der Waals surface area contributed by atoms with Gasteiger partial charge in [-0.2, -0.15) is 0 Å². The lowest BCUT2D eigenvalue weighted by atomic mass is 10.1. The average Bonchev–Trinajstić information content (AvgIpc) is 2.44. The Labute approximate surface area is 120 Å². The lowest BCUT2D eigenvalue weighted by Crippen LogP contribution is -2.43. The monoisotopic (exact) mass is 277 g/mol. The minimum absolute atomic E-state index is 0.00683. The van der Waals surface area contributed by atoms with Crippen molar-refractivity contribution >= 4 is 11.6 Å². The van der Waals surface area contributed by atoms with Crippen LogP contribution < -0.4 is 15.8 Å². The molecule has 110 valence electrons. The summed E-state index contributed by atoms with van der Waals surface area (Å²) in [7, 11) is 0. The highest BCUT2D eigenvalue weighted by molar-refractivity contribution is 5.93. The second kappa shape index (κ2) is 7.26. The standard InChI is InChI=1S/C15H23N3O2/c1-2-20-14-6-4-3-5-13(14)17-15(19)11-18-9-7-12(16)8-10-18/h3-6,12H,2,7-11,16H2,1H3,(H,17,19). The van der Waals surface area contributed by atoms with Gasteiger partial charge in [0.15, 0.2) is 0 Å². The van der Waals surface area contributed by atoms with Crippen molar-refractivity contribution < 1.29 is 9.53 Å². The summed E-state index contributed by atoms with van der Waals surface area (Å²) in [5.41, 5.74) is 6.59. The number of nitrogens with one attached hydrogen (secondary N) is 1. The number of carbonyl (C=O) groups is 1. The molecule has 1 aromatic rings. The lowest BCUT2D eigenvalue weighted by molar-refractivity contribution is -0.117. The third-order valence-electron chi connectivity index (χ3n) is 3.46. The van der Waals surface area contributed by atoms with Gasteiger partial charge in [0.1, 0.15) is 5.75 Å². The summed E-state index contributed by atoms with van der Waals surface area (Å²) >= 11 is 0. The zero-order chi connectivity index (χ0) is 14.4. The predicted molar refractivity (Wildman–Crippen MR) is 79.9 cm³/mol. The molecule has 1 fully saturated rings. The van der Waals surface area contributed by atoms with Crippen LogP contribution in [0.25, 0.3) is 0 Å². The van der Waals surface area contributed by atoms with Gasteiger partial charge in [-0.05, 0) is 31.9 Å². The maximum atomic E-state index is 12.1. The molecule has 0 atom stereocenters. The van der Waals surface area contributed by atoms with E-state index in [1.165, 1.54) is 0 Å². The Bertz CT molecular complexity index is 442. The highest BCUT2D eigenvalue weighted by Gasteiger charge is 2.18. The van der Waals surface area contributed by atoms with E-state index in [2.05, 4.69) is 10.2 Å². The molecule has 1 aromatic carbocycles. The molecule has 0 saturated carbocycles. The van der Waals surface area contributed by atoms with Gasteiger partial charge >= 0.3 is 0 Å². The molecule has 0 unspecified atom stereocenters. The number of nitrogens with two attached hydrogens (primary N) is 1. The number of likely N-dealkylation sites (tertiary alicyclic amines) is 1. The topological polar surface area (TPSA) is 67.6 Å². The van der Waals surface area contributed by atoms with E-state index in [4.69, 9.17) is 10.5 Å². The van der Waals surface area contributed by atoms with Gasteiger partial charge in [0.25, 0.3) is 0 Å². The van der Waals surface area contributed by atoms with Crippen LogP contribution in [0.4, 0.5) is 5.69 Å². The third-order valence-corrected chi connectivity index (χ3v) is 3.46. The number of benzene rings is 1. The van der Waals surface area contributed by atoms with E-state index in [0.29, 0.717) is 18.9 Å². The van der Waals surface area contributed by atoms with Crippen LogP contribution in [0.2, 0.25) is 0 Å². The SMILES string of the molecule is CCOc1ccccc1NC(=O)CN1CCC(N)CC1. The van der Waals surface area contributed by atoms with Crippen molar-refractivity contribution in [3.63, 3.8) is 0 Å². The zero-order valence-electron chi connectivity index (χ0n) is 12.0. The number of hydrogen-bond acceptors (Lipinski definition) is 4. The van der Waals surface area contributed by atoms with Gasteiger partial charge in [-0.15, -0.1) is 0 Å². The molecule has 2 rings (SSSR count). The Kier molecular flexibility index (Phi) is 5.38. The van der Waals surface area contributed by atoms with Crippen LogP contribution in [0.15, 0.2) is 24.3 Å². The number of carbonyl (C=O) groups excluding carboxylic acids is 1. The Morgan fingerprint density at radius 3 is 2.80 bits per heavy atom. The molecule has 0 bridgehead atoms. The molecular weight excluding hydrogens is 254 g/mol. The average molecular weight is 277 g/mol. The van der Waals surface area contributed by atoms with Crippen molar-refractivity contribution in [2.24, 2.45) is 5.73 Å². The highest BCUT2D eigenvalue weighted by Crippen LogP contribution is 2.23. The number of piperidine rings is 1. The predicted octanol–water partition coefficient (Wildman–Crippen LogP) is 1.45. The number of anilines is 1. The summed E-state index contributed by atoms with van der Waals surface area (Å²) in [6, 6.07) is 7.78. The smallest absolute Gasteiger partial charge is 0.238 e. The van der Waals surface area contributed by atoms with Crippen molar-refractivity contribution in [3.05, 3.63) is 24.3 Å². The fraction of sp³-hybridized carbons (Fsp3) is 0.533. The lowest BCUT2D eigenvalue weighted by Gasteiger charge is -2.29. The fourth-order valence-electron chi connectivity index (χ4n) is 2.36. The minimum Gasteiger partial charge on any atom is -0.492 e. The van der Waals surface area contributed by atoms with E-state index in [1.807, 2.05) is 31.2 Å². The molecule has 1 heterocycles. The summed E-state index contributed by atoms with van der Waals surface area (Å²) in [4.78, 5) is 14.2. The highest BCUT2D eigenvalue weighted by atomic mass is 16.5. The first-order valence-electron chi connectivity index (χ1n) is 7.18. The van der Waals surface area contributed by atoms with Gasteiger partial charge in [0.05, 0.1) is 18.8 Å². The zero-order valence-corrected chi connectivity index (χ0v) is 12.0. The van der Waals surface area contributed by atoms with Gasteiger partial charge in [-0.1, -0.05) is 12.1 Å². The van der Waals surface area contributed by atoms with Gasteiger partial charge in [-0.3, -0.25) is 9.69 Å². The summed E-state index contributed by atoms with van der Waals surface area (Å²) in [6.45, 7) is 4.70. The molecule has 3 N–H and O–H groups in total. The first kappa shape index (κ1) is 14.8. The van der Waals surface area contributed by atoms with Gasteiger partial charge in [-0.25, -0.2) is 0 Å². The number of para-hydroxylation sites is 2. The molecule has 0 radical (unpaired) electrons. The van der Waals surface area contributed by atoms with Crippen molar-refractivity contribution in [2.75, 3.05) is 31.6 Å². The van der Waals surface area contributed by atoms with Crippen molar-refractivity contribution in [2.45, 2.75) is 25.8 Å². The van der Waals surface area contributed by atoms with E-state index in [1.54, 1.807) is 0 Å². The van der Waals surface area contributed by atoms with Crippen LogP contribution in [0.5, 0.6) is 5.75 Å². The molecule has 5 nitrogen and oxygen atoms in total. The first-order valence-corrected chi connectivity index (χ1v) is 7.18.